The summed E-state index contributed by atoms with van der Waals surface area (Å²) in [6, 6.07) is 5.93. The third-order valence-corrected chi connectivity index (χ3v) is 8.74. The third kappa shape index (κ3) is 5.21. The van der Waals surface area contributed by atoms with Crippen molar-refractivity contribution >= 4 is 22.4 Å². The summed E-state index contributed by atoms with van der Waals surface area (Å²) in [7, 11) is 0. The van der Waals surface area contributed by atoms with Crippen LogP contribution in [0, 0.1) is 24.6 Å². The number of piperidine rings is 1. The lowest BCUT2D eigenvalue weighted by Gasteiger charge is -2.35. The van der Waals surface area contributed by atoms with Crippen LogP contribution in [0.3, 0.4) is 0 Å². The van der Waals surface area contributed by atoms with E-state index >= 15 is 4.39 Å². The molecule has 4 nitrogen and oxygen atoms in total. The molecule has 2 aromatic carbocycles. The van der Waals surface area contributed by atoms with E-state index in [-0.39, 0.29) is 5.56 Å². The summed E-state index contributed by atoms with van der Waals surface area (Å²) in [4.78, 5) is 12.1. The van der Waals surface area contributed by atoms with Crippen LogP contribution in [0.1, 0.15) is 93.9 Å². The van der Waals surface area contributed by atoms with E-state index in [1.165, 1.54) is 68.5 Å². The Morgan fingerprint density at radius 1 is 1.08 bits per heavy atom. The quantitative estimate of drug-likeness (QED) is 0.312. The summed E-state index contributed by atoms with van der Waals surface area (Å²) in [6.07, 6.45) is 8.10. The van der Waals surface area contributed by atoms with Gasteiger partial charge in [-0.3, -0.25) is 0 Å². The van der Waals surface area contributed by atoms with Gasteiger partial charge in [0.05, 0.1) is 17.1 Å². The second kappa shape index (κ2) is 11.0. The molecule has 1 aromatic heterocycles. The molecule has 0 bridgehead atoms. The molecule has 1 aliphatic heterocycles. The van der Waals surface area contributed by atoms with Crippen molar-refractivity contribution in [3.8, 4) is 0 Å². The van der Waals surface area contributed by atoms with Crippen LogP contribution in [0.25, 0.3) is 10.9 Å². The Kier molecular flexibility index (Phi) is 7.80. The maximum Gasteiger partial charge on any atom is 0.278 e. The Morgan fingerprint density at radius 2 is 1.79 bits per heavy atom. The monoisotopic (exact) mass is 538 g/mol. The molecule has 5 rings (SSSR count). The molecule has 1 aliphatic carbocycles. The molecule has 2 aliphatic rings. The number of hydrogen-bond acceptors (Lipinski definition) is 4. The molecular formula is C32H41F3N4. The van der Waals surface area contributed by atoms with Crippen LogP contribution in [-0.4, -0.2) is 23.1 Å². The van der Waals surface area contributed by atoms with Gasteiger partial charge in [-0.2, -0.15) is 0 Å². The second-order valence-corrected chi connectivity index (χ2v) is 11.8. The molecule has 2 heterocycles. The molecule has 0 spiro atoms. The molecule has 1 N–H and O–H groups in total. The van der Waals surface area contributed by atoms with Gasteiger partial charge < -0.3 is 10.2 Å². The summed E-state index contributed by atoms with van der Waals surface area (Å²) in [5, 5.41) is 4.30. The van der Waals surface area contributed by atoms with Crippen LogP contribution >= 0.6 is 0 Å². The molecule has 0 saturated carbocycles. The Balaban J connectivity index is 1.53. The highest BCUT2D eigenvalue weighted by Crippen LogP contribution is 2.42. The average Bonchev–Trinajstić information content (AvgIpc) is 3.39. The van der Waals surface area contributed by atoms with Crippen molar-refractivity contribution in [3.63, 3.8) is 0 Å². The fraction of sp³-hybridized carbons (Fsp3) is 0.562. The van der Waals surface area contributed by atoms with Crippen molar-refractivity contribution in [1.82, 2.24) is 9.97 Å². The maximum atomic E-state index is 15.5. The summed E-state index contributed by atoms with van der Waals surface area (Å²) >= 11 is 0. The van der Waals surface area contributed by atoms with E-state index < -0.39 is 29.3 Å². The van der Waals surface area contributed by atoms with Gasteiger partial charge in [0.2, 0.25) is 0 Å². The molecule has 39 heavy (non-hydrogen) atoms. The number of alkyl halides is 2. The normalized spacial score (nSPS) is 17.2. The number of rotatable bonds is 8. The predicted octanol–water partition coefficient (Wildman–Crippen LogP) is 8.50. The van der Waals surface area contributed by atoms with Crippen LogP contribution < -0.4 is 10.2 Å². The molecule has 3 aromatic rings. The van der Waals surface area contributed by atoms with Crippen LogP contribution in [0.15, 0.2) is 24.3 Å². The van der Waals surface area contributed by atoms with Crippen molar-refractivity contribution in [2.24, 2.45) is 11.8 Å². The van der Waals surface area contributed by atoms with Crippen molar-refractivity contribution in [2.45, 2.75) is 91.5 Å². The lowest BCUT2D eigenvalue weighted by atomic mass is 9.91. The average molecular weight is 539 g/mol. The van der Waals surface area contributed by atoms with Crippen molar-refractivity contribution in [1.29, 1.82) is 0 Å². The zero-order valence-electron chi connectivity index (χ0n) is 23.9. The Bertz CT molecular complexity index is 1350. The van der Waals surface area contributed by atoms with Gasteiger partial charge in [0.15, 0.2) is 0 Å². The van der Waals surface area contributed by atoms with Gasteiger partial charge in [-0.05, 0) is 69.1 Å². The number of hydrogen-bond donors (Lipinski definition) is 1. The zero-order chi connectivity index (χ0) is 27.9. The van der Waals surface area contributed by atoms with Crippen LogP contribution in [0.2, 0.25) is 0 Å². The van der Waals surface area contributed by atoms with Crippen LogP contribution in [0.4, 0.5) is 24.7 Å². The third-order valence-electron chi connectivity index (χ3n) is 8.74. The number of aryl methyl sites for hydroxylation is 2. The fourth-order valence-electron chi connectivity index (χ4n) is 6.46. The van der Waals surface area contributed by atoms with E-state index in [2.05, 4.69) is 23.2 Å². The van der Waals surface area contributed by atoms with Gasteiger partial charge in [0.25, 0.3) is 5.92 Å². The van der Waals surface area contributed by atoms with Crippen molar-refractivity contribution < 1.29 is 13.2 Å². The first-order valence-electron chi connectivity index (χ1n) is 14.6. The van der Waals surface area contributed by atoms with Gasteiger partial charge in [-0.25, -0.2) is 23.1 Å². The molecule has 1 saturated heterocycles. The first-order chi connectivity index (χ1) is 18.6. The summed E-state index contributed by atoms with van der Waals surface area (Å²) < 4.78 is 45.1. The number of benzene rings is 2. The predicted molar refractivity (Wildman–Crippen MR) is 153 cm³/mol. The van der Waals surface area contributed by atoms with E-state index in [1.807, 2.05) is 6.92 Å². The van der Waals surface area contributed by atoms with Crippen LogP contribution in [0.5, 0.6) is 0 Å². The molecule has 0 unspecified atom stereocenters. The van der Waals surface area contributed by atoms with E-state index in [4.69, 9.17) is 9.97 Å². The molecular weight excluding hydrogens is 497 g/mol. The lowest BCUT2D eigenvalue weighted by Crippen LogP contribution is -2.34. The molecule has 1 atom stereocenters. The highest BCUT2D eigenvalue weighted by molar-refractivity contribution is 5.96. The van der Waals surface area contributed by atoms with E-state index in [0.29, 0.717) is 11.6 Å². The number of nitrogens with zero attached hydrogens (tertiary/aromatic N) is 3. The van der Waals surface area contributed by atoms with Gasteiger partial charge >= 0.3 is 0 Å². The van der Waals surface area contributed by atoms with Gasteiger partial charge in [0.1, 0.15) is 17.5 Å². The lowest BCUT2D eigenvalue weighted by molar-refractivity contribution is -0.0545. The van der Waals surface area contributed by atoms with Gasteiger partial charge in [0, 0.05) is 35.6 Å². The first kappa shape index (κ1) is 27.7. The Labute approximate surface area is 230 Å². The largest absolute Gasteiger partial charge is 0.371 e. The minimum atomic E-state index is -3.25. The molecule has 210 valence electrons. The van der Waals surface area contributed by atoms with E-state index in [1.54, 1.807) is 13.0 Å². The molecule has 7 heteroatoms. The number of nitrogens with one attached hydrogen (secondary N) is 1. The molecule has 0 radical (unpaired) electrons. The van der Waals surface area contributed by atoms with Crippen molar-refractivity contribution in [3.05, 3.63) is 58.2 Å². The fourth-order valence-corrected chi connectivity index (χ4v) is 6.46. The smallest absolute Gasteiger partial charge is 0.278 e. The first-order valence-corrected chi connectivity index (χ1v) is 14.6. The number of aromatic nitrogens is 2. The minimum Gasteiger partial charge on any atom is -0.371 e. The van der Waals surface area contributed by atoms with Gasteiger partial charge in [-0.15, -0.1) is 0 Å². The topological polar surface area (TPSA) is 41.0 Å². The standard InChI is InChI=1S/C32H41F3N4/c1-6-9-22-14-16-39(17-15-22)28-18-26-30(25-12-7-11-24(25)28)37-21(5)38-31(26)36-20(4)23-10-8-13-27(29(23)33)32(34,35)19(2)3/h8,10,13,18-20,22H,6-7,9,11-12,14-17H2,1-5H3,(H,36,37,38)/t20-/m1/s1. The molecule has 1 fully saturated rings. The Hall–Kier alpha value is -2.83. The van der Waals surface area contributed by atoms with Crippen molar-refractivity contribution in [2.75, 3.05) is 23.3 Å². The maximum absolute atomic E-state index is 15.5. The SMILES string of the molecule is CCCC1CCN(c2cc3c(N[C@H](C)c4cccc(C(F)(F)C(C)C)c4F)nc(C)nc3c3c2CCC3)CC1. The molecule has 0 amide bonds. The summed E-state index contributed by atoms with van der Waals surface area (Å²) in [5.41, 5.74) is 4.58. The Morgan fingerprint density at radius 3 is 2.49 bits per heavy atom. The van der Waals surface area contributed by atoms with E-state index in [0.717, 1.165) is 49.2 Å². The highest BCUT2D eigenvalue weighted by atomic mass is 19.3. The zero-order valence-corrected chi connectivity index (χ0v) is 23.9. The number of fused-ring (bicyclic) bond motifs is 3. The minimum absolute atomic E-state index is 0.205. The van der Waals surface area contributed by atoms with Crippen LogP contribution in [-0.2, 0) is 18.8 Å². The number of halogens is 3. The second-order valence-electron chi connectivity index (χ2n) is 11.8. The number of anilines is 2. The van der Waals surface area contributed by atoms with Gasteiger partial charge in [-0.1, -0.05) is 51.8 Å². The highest BCUT2D eigenvalue weighted by Gasteiger charge is 2.39. The van der Waals surface area contributed by atoms with E-state index in [9.17, 15) is 8.78 Å². The summed E-state index contributed by atoms with van der Waals surface area (Å²) in [5.74, 6) is -3.05. The summed E-state index contributed by atoms with van der Waals surface area (Å²) in [6.45, 7) is 10.8.